The van der Waals surface area contributed by atoms with Crippen LogP contribution >= 0.6 is 0 Å². The summed E-state index contributed by atoms with van der Waals surface area (Å²) in [6.45, 7) is 10.8. The van der Waals surface area contributed by atoms with Crippen LogP contribution in [0.3, 0.4) is 0 Å². The average molecular weight is 429 g/mol. The molecule has 2 unspecified atom stereocenters. The van der Waals surface area contributed by atoms with Gasteiger partial charge in [0.15, 0.2) is 0 Å². The van der Waals surface area contributed by atoms with E-state index in [0.29, 0.717) is 19.4 Å². The first-order chi connectivity index (χ1) is 14.1. The van der Waals surface area contributed by atoms with E-state index in [1.807, 2.05) is 13.8 Å². The lowest BCUT2D eigenvalue weighted by Gasteiger charge is -2.32. The van der Waals surface area contributed by atoms with Crippen molar-refractivity contribution in [2.75, 3.05) is 13.1 Å². The van der Waals surface area contributed by atoms with Crippen molar-refractivity contribution in [3.8, 4) is 0 Å². The van der Waals surface area contributed by atoms with Crippen LogP contribution in [0.5, 0.6) is 0 Å². The summed E-state index contributed by atoms with van der Waals surface area (Å²) < 4.78 is 27.5. The van der Waals surface area contributed by atoms with E-state index >= 15 is 0 Å². The summed E-state index contributed by atoms with van der Waals surface area (Å²) in [5.41, 5.74) is 5.70. The van der Waals surface area contributed by atoms with Gasteiger partial charge in [0, 0.05) is 13.1 Å². The van der Waals surface area contributed by atoms with Gasteiger partial charge in [-0.3, -0.25) is 4.79 Å². The zero-order valence-electron chi connectivity index (χ0n) is 18.5. The Kier molecular flexibility index (Phi) is 6.68. The molecule has 1 heterocycles. The number of benzene rings is 2. The highest BCUT2D eigenvalue weighted by molar-refractivity contribution is 7.89. The summed E-state index contributed by atoms with van der Waals surface area (Å²) in [5.74, 6) is -0.419. The number of rotatable bonds is 5. The van der Waals surface area contributed by atoms with Gasteiger partial charge in [0.2, 0.25) is 15.9 Å². The van der Waals surface area contributed by atoms with Gasteiger partial charge in [-0.2, -0.15) is 4.31 Å². The molecular weight excluding hydrogens is 396 g/mol. The minimum Gasteiger partial charge on any atom is -0.349 e. The summed E-state index contributed by atoms with van der Waals surface area (Å²) in [6, 6.07) is 11.0. The Morgan fingerprint density at radius 2 is 1.67 bits per heavy atom. The normalized spacial score (nSPS) is 18.8. The van der Waals surface area contributed by atoms with Gasteiger partial charge in [-0.15, -0.1) is 0 Å². The smallest absolute Gasteiger partial charge is 0.243 e. The molecule has 0 aromatic heterocycles. The van der Waals surface area contributed by atoms with Crippen LogP contribution < -0.4 is 5.32 Å². The second kappa shape index (κ2) is 8.90. The molecule has 2 aromatic rings. The van der Waals surface area contributed by atoms with E-state index in [1.165, 1.54) is 15.4 Å². The van der Waals surface area contributed by atoms with Gasteiger partial charge in [0.05, 0.1) is 16.9 Å². The average Bonchev–Trinajstić information content (AvgIpc) is 2.71. The lowest BCUT2D eigenvalue weighted by molar-refractivity contribution is -0.126. The Morgan fingerprint density at radius 1 is 1.03 bits per heavy atom. The van der Waals surface area contributed by atoms with Crippen molar-refractivity contribution in [3.63, 3.8) is 0 Å². The third kappa shape index (κ3) is 4.76. The van der Waals surface area contributed by atoms with Crippen LogP contribution in [0.1, 0.15) is 53.6 Å². The number of aryl methyl sites for hydroxylation is 4. The van der Waals surface area contributed by atoms with E-state index in [2.05, 4.69) is 38.2 Å². The molecule has 5 nitrogen and oxygen atoms in total. The minimum absolute atomic E-state index is 0.0797. The Bertz CT molecular complexity index is 1030. The first-order valence-corrected chi connectivity index (χ1v) is 12.0. The SMILES string of the molecule is Cc1ccc(S(=O)(=O)N2CCCC(C(=O)NC(C)c3cc(C)c(C)cc3C)C2)cc1. The van der Waals surface area contributed by atoms with Crippen LogP contribution in [0.4, 0.5) is 0 Å². The molecule has 0 aliphatic carbocycles. The van der Waals surface area contributed by atoms with Crippen molar-refractivity contribution in [2.24, 2.45) is 5.92 Å². The Labute approximate surface area is 180 Å². The number of hydrogen-bond donors (Lipinski definition) is 1. The highest BCUT2D eigenvalue weighted by atomic mass is 32.2. The molecule has 2 aromatic carbocycles. The first-order valence-electron chi connectivity index (χ1n) is 10.5. The van der Waals surface area contributed by atoms with Crippen LogP contribution in [0.15, 0.2) is 41.3 Å². The number of carbonyl (C=O) groups excluding carboxylic acids is 1. The highest BCUT2D eigenvalue weighted by Gasteiger charge is 2.33. The molecule has 30 heavy (non-hydrogen) atoms. The zero-order chi connectivity index (χ0) is 22.1. The predicted molar refractivity (Wildman–Crippen MR) is 120 cm³/mol. The molecule has 0 bridgehead atoms. The second-order valence-electron chi connectivity index (χ2n) is 8.54. The second-order valence-corrected chi connectivity index (χ2v) is 10.5. The van der Waals surface area contributed by atoms with Gasteiger partial charge in [-0.25, -0.2) is 8.42 Å². The molecule has 1 aliphatic heterocycles. The maximum atomic E-state index is 13.0. The van der Waals surface area contributed by atoms with Crippen molar-refractivity contribution in [1.29, 1.82) is 0 Å². The number of amides is 1. The molecule has 2 atom stereocenters. The van der Waals surface area contributed by atoms with Crippen LogP contribution in [0.25, 0.3) is 0 Å². The standard InChI is InChI=1S/C24H32N2O3S/c1-16-8-10-22(11-9-16)30(28,29)26-12-6-7-21(15-26)24(27)25-20(5)23-14-18(3)17(2)13-19(23)4/h8-11,13-14,20-21H,6-7,12,15H2,1-5H3,(H,25,27). The van der Waals surface area contributed by atoms with Crippen LogP contribution in [0.2, 0.25) is 0 Å². The molecule has 1 aliphatic rings. The van der Waals surface area contributed by atoms with E-state index in [-0.39, 0.29) is 29.3 Å². The molecule has 162 valence electrons. The topological polar surface area (TPSA) is 66.5 Å². The molecule has 1 fully saturated rings. The Morgan fingerprint density at radius 3 is 2.33 bits per heavy atom. The van der Waals surface area contributed by atoms with Crippen molar-refractivity contribution < 1.29 is 13.2 Å². The number of nitrogens with zero attached hydrogens (tertiary/aromatic N) is 1. The lowest BCUT2D eigenvalue weighted by atomic mass is 9.95. The van der Waals surface area contributed by atoms with Gasteiger partial charge in [-0.05, 0) is 81.8 Å². The fourth-order valence-electron chi connectivity index (χ4n) is 4.09. The van der Waals surface area contributed by atoms with E-state index in [4.69, 9.17) is 0 Å². The Balaban J connectivity index is 1.71. The number of carbonyl (C=O) groups is 1. The van der Waals surface area contributed by atoms with E-state index in [1.54, 1.807) is 24.3 Å². The molecule has 6 heteroatoms. The van der Waals surface area contributed by atoms with E-state index in [0.717, 1.165) is 16.7 Å². The molecule has 1 amide bonds. The monoisotopic (exact) mass is 428 g/mol. The van der Waals surface area contributed by atoms with Crippen LogP contribution in [-0.4, -0.2) is 31.7 Å². The molecule has 1 saturated heterocycles. The van der Waals surface area contributed by atoms with Crippen LogP contribution in [-0.2, 0) is 14.8 Å². The number of piperidine rings is 1. The van der Waals surface area contributed by atoms with Gasteiger partial charge in [-0.1, -0.05) is 29.8 Å². The summed E-state index contributed by atoms with van der Waals surface area (Å²) in [5, 5.41) is 3.11. The van der Waals surface area contributed by atoms with E-state index < -0.39 is 10.0 Å². The lowest BCUT2D eigenvalue weighted by Crippen LogP contribution is -2.45. The van der Waals surface area contributed by atoms with Gasteiger partial charge in [0.1, 0.15) is 0 Å². The molecular formula is C24H32N2O3S. The third-order valence-electron chi connectivity index (χ3n) is 6.12. The number of hydrogen-bond acceptors (Lipinski definition) is 3. The van der Waals surface area contributed by atoms with Crippen molar-refractivity contribution in [1.82, 2.24) is 9.62 Å². The fourth-order valence-corrected chi connectivity index (χ4v) is 5.62. The minimum atomic E-state index is -3.59. The predicted octanol–water partition coefficient (Wildman–Crippen LogP) is 4.20. The van der Waals surface area contributed by atoms with Crippen LogP contribution in [0, 0.1) is 33.6 Å². The quantitative estimate of drug-likeness (QED) is 0.776. The van der Waals surface area contributed by atoms with Crippen molar-refractivity contribution in [3.05, 3.63) is 64.2 Å². The molecule has 0 radical (unpaired) electrons. The third-order valence-corrected chi connectivity index (χ3v) is 8.00. The molecule has 1 N–H and O–H groups in total. The summed E-state index contributed by atoms with van der Waals surface area (Å²) >= 11 is 0. The van der Waals surface area contributed by atoms with Gasteiger partial charge in [0.25, 0.3) is 0 Å². The summed E-state index contributed by atoms with van der Waals surface area (Å²) in [6.07, 6.45) is 1.38. The highest BCUT2D eigenvalue weighted by Crippen LogP contribution is 2.26. The van der Waals surface area contributed by atoms with Gasteiger partial charge < -0.3 is 5.32 Å². The first kappa shape index (κ1) is 22.5. The van der Waals surface area contributed by atoms with Gasteiger partial charge >= 0.3 is 0 Å². The maximum Gasteiger partial charge on any atom is 0.243 e. The molecule has 0 saturated carbocycles. The zero-order valence-corrected chi connectivity index (χ0v) is 19.3. The number of sulfonamides is 1. The Hall–Kier alpha value is -2.18. The largest absolute Gasteiger partial charge is 0.349 e. The maximum absolute atomic E-state index is 13.0. The van der Waals surface area contributed by atoms with Crippen molar-refractivity contribution in [2.45, 2.75) is 58.4 Å². The van der Waals surface area contributed by atoms with E-state index in [9.17, 15) is 13.2 Å². The molecule has 0 spiro atoms. The fraction of sp³-hybridized carbons (Fsp3) is 0.458. The summed E-state index contributed by atoms with van der Waals surface area (Å²) in [7, 11) is -3.59. The summed E-state index contributed by atoms with van der Waals surface area (Å²) in [4.78, 5) is 13.3. The number of nitrogens with one attached hydrogen (secondary N) is 1. The van der Waals surface area contributed by atoms with Crippen molar-refractivity contribution >= 4 is 15.9 Å². The molecule has 3 rings (SSSR count).